The van der Waals surface area contributed by atoms with Crippen LogP contribution >= 0.6 is 0 Å². The Morgan fingerprint density at radius 2 is 2.08 bits per heavy atom. The van der Waals surface area contributed by atoms with E-state index in [-0.39, 0.29) is 11.8 Å². The topological polar surface area (TPSA) is 67.0 Å². The molecule has 1 saturated carbocycles. The molecule has 1 fully saturated rings. The fourth-order valence-corrected chi connectivity index (χ4v) is 3.64. The number of hydrogen-bond acceptors (Lipinski definition) is 3. The smallest absolute Gasteiger partial charge is 0.227 e. The zero-order chi connectivity index (χ0) is 18.5. The van der Waals surface area contributed by atoms with Crippen molar-refractivity contribution in [3.8, 4) is 17.0 Å². The molecule has 1 aromatic heterocycles. The van der Waals surface area contributed by atoms with Crippen LogP contribution in [0.5, 0.6) is 5.75 Å². The van der Waals surface area contributed by atoms with Gasteiger partial charge >= 0.3 is 0 Å². The summed E-state index contributed by atoms with van der Waals surface area (Å²) in [6.07, 6.45) is 6.34. The Balaban J connectivity index is 1.91. The van der Waals surface area contributed by atoms with E-state index in [1.165, 1.54) is 6.42 Å². The fourth-order valence-electron chi connectivity index (χ4n) is 3.64. The molecule has 0 spiro atoms. The van der Waals surface area contributed by atoms with Gasteiger partial charge in [0, 0.05) is 11.5 Å². The number of methoxy groups -OCH3 is 1. The average Bonchev–Trinajstić information content (AvgIpc) is 3.04. The lowest BCUT2D eigenvalue weighted by Gasteiger charge is -2.21. The number of amides is 1. The van der Waals surface area contributed by atoms with Gasteiger partial charge in [-0.05, 0) is 37.3 Å². The highest BCUT2D eigenvalue weighted by molar-refractivity contribution is 5.97. The highest BCUT2D eigenvalue weighted by Gasteiger charge is 2.24. The van der Waals surface area contributed by atoms with Gasteiger partial charge in [0.2, 0.25) is 5.91 Å². The number of hydrogen-bond donors (Lipinski definition) is 2. The van der Waals surface area contributed by atoms with Crippen molar-refractivity contribution in [2.75, 3.05) is 12.4 Å². The van der Waals surface area contributed by atoms with Gasteiger partial charge in [-0.15, -0.1) is 0 Å². The predicted molar refractivity (Wildman–Crippen MR) is 104 cm³/mol. The van der Waals surface area contributed by atoms with Crippen molar-refractivity contribution in [3.63, 3.8) is 0 Å². The first-order valence-electron chi connectivity index (χ1n) is 9.61. The Bertz CT molecular complexity index is 745. The van der Waals surface area contributed by atoms with Crippen LogP contribution in [-0.2, 0) is 11.2 Å². The van der Waals surface area contributed by atoms with Gasteiger partial charge in [0.05, 0.1) is 18.5 Å². The predicted octanol–water partition coefficient (Wildman–Crippen LogP) is 4.80. The van der Waals surface area contributed by atoms with Crippen LogP contribution in [0.3, 0.4) is 0 Å². The normalized spacial score (nSPS) is 15.2. The number of aromatic nitrogens is 2. The third-order valence-corrected chi connectivity index (χ3v) is 5.02. The number of benzene rings is 1. The largest absolute Gasteiger partial charge is 0.497 e. The van der Waals surface area contributed by atoms with E-state index in [1.807, 2.05) is 24.3 Å². The summed E-state index contributed by atoms with van der Waals surface area (Å²) in [5.74, 6) is 1.49. The van der Waals surface area contributed by atoms with Gasteiger partial charge in [-0.2, -0.15) is 5.10 Å². The number of carbonyl (C=O) groups is 1. The number of nitrogens with zero attached hydrogens (tertiary/aromatic N) is 1. The van der Waals surface area contributed by atoms with Crippen molar-refractivity contribution in [3.05, 3.63) is 30.0 Å². The molecule has 5 heteroatoms. The molecule has 0 saturated heterocycles. The third kappa shape index (κ3) is 4.26. The summed E-state index contributed by atoms with van der Waals surface area (Å²) in [5.41, 5.74) is 3.53. The van der Waals surface area contributed by atoms with Crippen LogP contribution in [-0.4, -0.2) is 23.2 Å². The molecule has 140 valence electrons. The lowest BCUT2D eigenvalue weighted by molar-refractivity contribution is -0.120. The van der Waals surface area contributed by atoms with Gasteiger partial charge in [-0.25, -0.2) is 0 Å². The highest BCUT2D eigenvalue weighted by atomic mass is 16.5. The lowest BCUT2D eigenvalue weighted by Crippen LogP contribution is -2.25. The minimum atomic E-state index is 0.115. The van der Waals surface area contributed by atoms with Crippen LogP contribution in [0, 0.1) is 11.8 Å². The van der Waals surface area contributed by atoms with Crippen LogP contribution in [0.1, 0.15) is 51.6 Å². The first-order chi connectivity index (χ1) is 12.6. The zero-order valence-corrected chi connectivity index (χ0v) is 16.0. The Hall–Kier alpha value is -2.30. The Labute approximate surface area is 155 Å². The minimum absolute atomic E-state index is 0.115. The van der Waals surface area contributed by atoms with Gasteiger partial charge in [0.25, 0.3) is 0 Å². The first-order valence-corrected chi connectivity index (χ1v) is 9.61. The second-order valence-electron chi connectivity index (χ2n) is 7.58. The summed E-state index contributed by atoms with van der Waals surface area (Å²) in [4.78, 5) is 12.8. The minimum Gasteiger partial charge on any atom is -0.497 e. The second kappa shape index (κ2) is 8.39. The molecule has 2 N–H and O–H groups in total. The molecule has 1 amide bonds. The first kappa shape index (κ1) is 18.5. The highest BCUT2D eigenvalue weighted by Crippen LogP contribution is 2.33. The van der Waals surface area contributed by atoms with Crippen LogP contribution in [0.2, 0.25) is 0 Å². The zero-order valence-electron chi connectivity index (χ0n) is 16.0. The van der Waals surface area contributed by atoms with E-state index in [4.69, 9.17) is 4.74 Å². The van der Waals surface area contributed by atoms with E-state index in [1.54, 1.807) is 7.11 Å². The van der Waals surface area contributed by atoms with E-state index < -0.39 is 0 Å². The molecular formula is C21H29N3O2. The molecule has 26 heavy (non-hydrogen) atoms. The van der Waals surface area contributed by atoms with E-state index in [2.05, 4.69) is 29.4 Å². The monoisotopic (exact) mass is 355 g/mol. The Morgan fingerprint density at radius 1 is 1.31 bits per heavy atom. The molecule has 1 aromatic carbocycles. The molecule has 1 heterocycles. The maximum absolute atomic E-state index is 12.8. The van der Waals surface area contributed by atoms with Gasteiger partial charge < -0.3 is 10.1 Å². The molecule has 0 bridgehead atoms. The molecule has 0 radical (unpaired) electrons. The van der Waals surface area contributed by atoms with Crippen LogP contribution in [0.25, 0.3) is 11.3 Å². The number of H-pyrrole nitrogens is 1. The molecule has 3 rings (SSSR count). The average molecular weight is 355 g/mol. The van der Waals surface area contributed by atoms with E-state index in [9.17, 15) is 4.79 Å². The number of aromatic amines is 1. The molecule has 0 unspecified atom stereocenters. The molecule has 5 nitrogen and oxygen atoms in total. The number of ether oxygens (including phenoxy) is 1. The van der Waals surface area contributed by atoms with Gasteiger partial charge in [0.15, 0.2) is 0 Å². The van der Waals surface area contributed by atoms with Gasteiger partial charge in [0.1, 0.15) is 11.4 Å². The fraction of sp³-hybridized carbons (Fsp3) is 0.524. The third-order valence-electron chi connectivity index (χ3n) is 5.02. The van der Waals surface area contributed by atoms with Crippen molar-refractivity contribution in [1.29, 1.82) is 0 Å². The van der Waals surface area contributed by atoms with Crippen molar-refractivity contribution < 1.29 is 9.53 Å². The summed E-state index contributed by atoms with van der Waals surface area (Å²) >= 11 is 0. The van der Waals surface area contributed by atoms with Gasteiger partial charge in [-0.1, -0.05) is 45.2 Å². The Kier molecular flexibility index (Phi) is 5.96. The van der Waals surface area contributed by atoms with Crippen molar-refractivity contribution in [1.82, 2.24) is 10.2 Å². The molecule has 2 aromatic rings. The summed E-state index contributed by atoms with van der Waals surface area (Å²) in [7, 11) is 1.65. The molecular weight excluding hydrogens is 326 g/mol. The molecule has 0 aliphatic heterocycles. The van der Waals surface area contributed by atoms with E-state index in [0.29, 0.717) is 5.92 Å². The lowest BCUT2D eigenvalue weighted by atomic mass is 9.88. The Morgan fingerprint density at radius 3 is 2.77 bits per heavy atom. The van der Waals surface area contributed by atoms with Crippen molar-refractivity contribution >= 4 is 11.6 Å². The SMILES string of the molecule is COc1cccc(-c2n[nH]c(CC(C)C)c2NC(=O)C2CCCCC2)c1. The maximum Gasteiger partial charge on any atom is 0.227 e. The van der Waals surface area contributed by atoms with E-state index in [0.717, 1.165) is 60.5 Å². The summed E-state index contributed by atoms with van der Waals surface area (Å²) < 4.78 is 5.34. The molecule has 0 atom stereocenters. The van der Waals surface area contributed by atoms with Crippen molar-refractivity contribution in [2.24, 2.45) is 11.8 Å². The van der Waals surface area contributed by atoms with Crippen LogP contribution in [0.15, 0.2) is 24.3 Å². The molecule has 1 aliphatic rings. The van der Waals surface area contributed by atoms with E-state index >= 15 is 0 Å². The summed E-state index contributed by atoms with van der Waals surface area (Å²) in [6.45, 7) is 4.33. The standard InChI is InChI=1S/C21H29N3O2/c1-14(2)12-18-20(22-21(25)15-8-5-4-6-9-15)19(24-23-18)16-10-7-11-17(13-16)26-3/h7,10-11,13-15H,4-6,8-9,12H2,1-3H3,(H,22,25)(H,23,24). The van der Waals surface area contributed by atoms with Crippen LogP contribution in [0.4, 0.5) is 5.69 Å². The van der Waals surface area contributed by atoms with Crippen LogP contribution < -0.4 is 10.1 Å². The number of nitrogens with one attached hydrogen (secondary N) is 2. The molecule has 1 aliphatic carbocycles. The quantitative estimate of drug-likeness (QED) is 0.782. The van der Waals surface area contributed by atoms with Crippen molar-refractivity contribution in [2.45, 2.75) is 52.4 Å². The number of carbonyl (C=O) groups excluding carboxylic acids is 1. The second-order valence-corrected chi connectivity index (χ2v) is 7.58. The number of anilines is 1. The van der Waals surface area contributed by atoms with Gasteiger partial charge in [-0.3, -0.25) is 9.89 Å². The maximum atomic E-state index is 12.8. The number of rotatable bonds is 6. The summed E-state index contributed by atoms with van der Waals surface area (Å²) in [6, 6.07) is 7.79. The summed E-state index contributed by atoms with van der Waals surface area (Å²) in [5, 5.41) is 10.9.